The number of sulfonamides is 1. The lowest BCUT2D eigenvalue weighted by Crippen LogP contribution is -2.41. The lowest BCUT2D eigenvalue weighted by atomic mass is 9.91. The third kappa shape index (κ3) is 7.04. The second kappa shape index (κ2) is 9.20. The fourth-order valence-electron chi connectivity index (χ4n) is 3.19. The predicted molar refractivity (Wildman–Crippen MR) is 98.1 cm³/mol. The smallest absolute Gasteiger partial charge is 0.223 e. The lowest BCUT2D eigenvalue weighted by Gasteiger charge is -2.33. The van der Waals surface area contributed by atoms with Crippen LogP contribution >= 0.6 is 0 Å². The van der Waals surface area contributed by atoms with Crippen LogP contribution in [0.1, 0.15) is 31.2 Å². The van der Waals surface area contributed by atoms with Crippen LogP contribution in [0.3, 0.4) is 0 Å². The van der Waals surface area contributed by atoms with Crippen molar-refractivity contribution in [2.45, 2.75) is 32.1 Å². The first-order valence-corrected chi connectivity index (χ1v) is 10.6. The number of aryl methyl sites for hydroxylation is 1. The molecule has 7 heteroatoms. The van der Waals surface area contributed by atoms with Crippen molar-refractivity contribution in [3.63, 3.8) is 0 Å². The first-order chi connectivity index (χ1) is 11.9. The van der Waals surface area contributed by atoms with Gasteiger partial charge in [-0.1, -0.05) is 12.1 Å². The number of benzene rings is 1. The van der Waals surface area contributed by atoms with Gasteiger partial charge in [-0.2, -0.15) is 0 Å². The number of hydrogen-bond acceptors (Lipinski definition) is 4. The minimum Gasteiger partial charge on any atom is -0.497 e. The molecule has 1 heterocycles. The summed E-state index contributed by atoms with van der Waals surface area (Å²) in [7, 11) is -1.57. The summed E-state index contributed by atoms with van der Waals surface area (Å²) in [5, 5.41) is 0. The fraction of sp³-hybridized carbons (Fsp3) is 0.611. The number of hydrogen-bond donors (Lipinski definition) is 1. The molecule has 140 valence electrons. The number of carbonyl (C=O) groups is 1. The van der Waals surface area contributed by atoms with Crippen LogP contribution in [0.25, 0.3) is 0 Å². The average Bonchev–Trinajstić information content (AvgIpc) is 2.59. The first-order valence-electron chi connectivity index (χ1n) is 8.73. The topological polar surface area (TPSA) is 75.7 Å². The number of rotatable bonds is 8. The zero-order valence-electron chi connectivity index (χ0n) is 15.0. The van der Waals surface area contributed by atoms with Crippen molar-refractivity contribution in [2.24, 2.45) is 5.92 Å². The zero-order chi connectivity index (χ0) is 18.3. The molecule has 1 aliphatic heterocycles. The quantitative estimate of drug-likeness (QED) is 0.759. The Bertz CT molecular complexity index is 658. The minimum atomic E-state index is -3.24. The Labute approximate surface area is 150 Å². The highest BCUT2D eigenvalue weighted by Crippen LogP contribution is 2.22. The van der Waals surface area contributed by atoms with Gasteiger partial charge in [0.05, 0.1) is 13.4 Å². The third-order valence-electron chi connectivity index (χ3n) is 4.58. The summed E-state index contributed by atoms with van der Waals surface area (Å²) in [5.41, 5.74) is 1.28. The number of likely N-dealkylation sites (tertiary alicyclic amines) is 1. The monoisotopic (exact) mass is 368 g/mol. The lowest BCUT2D eigenvalue weighted by molar-refractivity contribution is -0.132. The van der Waals surface area contributed by atoms with E-state index < -0.39 is 10.0 Å². The van der Waals surface area contributed by atoms with Crippen LogP contribution in [-0.2, 0) is 21.2 Å². The summed E-state index contributed by atoms with van der Waals surface area (Å²) < 4.78 is 29.7. The summed E-state index contributed by atoms with van der Waals surface area (Å²) in [5.74, 6) is 1.40. The molecule has 6 nitrogen and oxygen atoms in total. The van der Waals surface area contributed by atoms with E-state index in [1.54, 1.807) is 7.11 Å². The highest BCUT2D eigenvalue weighted by atomic mass is 32.2. The molecule has 1 fully saturated rings. The molecule has 2 rings (SSSR count). The Hall–Kier alpha value is -1.60. The molecular weight excluding hydrogens is 340 g/mol. The molecule has 25 heavy (non-hydrogen) atoms. The van der Waals surface area contributed by atoms with Crippen LogP contribution in [0.4, 0.5) is 0 Å². The van der Waals surface area contributed by atoms with E-state index in [1.165, 1.54) is 5.56 Å². The van der Waals surface area contributed by atoms with Crippen molar-refractivity contribution >= 4 is 15.9 Å². The van der Waals surface area contributed by atoms with E-state index in [0.717, 1.165) is 50.8 Å². The number of methoxy groups -OCH3 is 1. The van der Waals surface area contributed by atoms with Gasteiger partial charge in [0.2, 0.25) is 15.9 Å². The molecule has 1 atom stereocenters. The van der Waals surface area contributed by atoms with Crippen molar-refractivity contribution in [2.75, 3.05) is 33.0 Å². The fourth-order valence-corrected chi connectivity index (χ4v) is 3.66. The summed E-state index contributed by atoms with van der Waals surface area (Å²) in [6, 6.07) is 8.12. The van der Waals surface area contributed by atoms with Gasteiger partial charge in [-0.3, -0.25) is 4.79 Å². The van der Waals surface area contributed by atoms with Crippen LogP contribution in [0.5, 0.6) is 5.75 Å². The van der Waals surface area contributed by atoms with E-state index in [4.69, 9.17) is 4.74 Å². The Morgan fingerprint density at radius 1 is 1.32 bits per heavy atom. The van der Waals surface area contributed by atoms with Gasteiger partial charge in [0.15, 0.2) is 0 Å². The molecule has 1 N–H and O–H groups in total. The molecule has 0 bridgehead atoms. The molecule has 1 unspecified atom stereocenters. The first kappa shape index (κ1) is 19.7. The second-order valence-electron chi connectivity index (χ2n) is 6.65. The van der Waals surface area contributed by atoms with Crippen LogP contribution in [0, 0.1) is 5.92 Å². The van der Waals surface area contributed by atoms with E-state index in [-0.39, 0.29) is 18.9 Å². The molecule has 1 aromatic rings. The molecule has 1 aliphatic rings. The summed E-state index contributed by atoms with van der Waals surface area (Å²) in [4.78, 5) is 14.1. The molecule has 0 spiro atoms. The largest absolute Gasteiger partial charge is 0.497 e. The van der Waals surface area contributed by atoms with E-state index in [1.807, 2.05) is 17.0 Å². The highest BCUT2D eigenvalue weighted by molar-refractivity contribution is 7.88. The number of nitrogens with one attached hydrogen (secondary N) is 1. The van der Waals surface area contributed by atoms with E-state index in [0.29, 0.717) is 5.92 Å². The van der Waals surface area contributed by atoms with Crippen molar-refractivity contribution < 1.29 is 17.9 Å². The van der Waals surface area contributed by atoms with E-state index in [9.17, 15) is 13.2 Å². The maximum absolute atomic E-state index is 12.3. The predicted octanol–water partition coefficient (Wildman–Crippen LogP) is 1.81. The molecule has 0 saturated carbocycles. The molecule has 0 radical (unpaired) electrons. The number of nitrogens with zero attached hydrogens (tertiary/aromatic N) is 1. The minimum absolute atomic E-state index is 0.0327. The van der Waals surface area contributed by atoms with Gasteiger partial charge in [-0.05, 0) is 49.3 Å². The maximum Gasteiger partial charge on any atom is 0.223 e. The Balaban J connectivity index is 1.76. The van der Waals surface area contributed by atoms with Gasteiger partial charge < -0.3 is 9.64 Å². The number of piperidine rings is 1. The van der Waals surface area contributed by atoms with Crippen LogP contribution in [0.15, 0.2) is 24.3 Å². The summed E-state index contributed by atoms with van der Waals surface area (Å²) in [6.45, 7) is 1.72. The second-order valence-corrected chi connectivity index (χ2v) is 8.48. The maximum atomic E-state index is 12.3. The summed E-state index contributed by atoms with van der Waals surface area (Å²) >= 11 is 0. The molecule has 1 amide bonds. The van der Waals surface area contributed by atoms with Crippen LogP contribution in [0.2, 0.25) is 0 Å². The highest BCUT2D eigenvalue weighted by Gasteiger charge is 2.23. The normalized spacial score (nSPS) is 18.2. The van der Waals surface area contributed by atoms with Gasteiger partial charge in [0.1, 0.15) is 5.75 Å². The third-order valence-corrected chi connectivity index (χ3v) is 5.30. The Kier molecular flexibility index (Phi) is 7.25. The van der Waals surface area contributed by atoms with Gasteiger partial charge in [0.25, 0.3) is 0 Å². The molecular formula is C18H28N2O4S. The zero-order valence-corrected chi connectivity index (χ0v) is 15.8. The van der Waals surface area contributed by atoms with Crippen molar-refractivity contribution in [3.8, 4) is 5.75 Å². The van der Waals surface area contributed by atoms with Crippen molar-refractivity contribution in [1.29, 1.82) is 0 Å². The number of ether oxygens (including phenoxy) is 1. The van der Waals surface area contributed by atoms with Gasteiger partial charge in [0, 0.05) is 26.1 Å². The SMILES string of the molecule is COc1ccc(CCC2CCCN(C(=O)CCNS(C)(=O)=O)C2)cc1. The Morgan fingerprint density at radius 3 is 2.68 bits per heavy atom. The van der Waals surface area contributed by atoms with Crippen LogP contribution < -0.4 is 9.46 Å². The standard InChI is InChI=1S/C18H28N2O4S/c1-24-17-9-7-15(8-10-17)5-6-16-4-3-13-20(14-16)18(21)11-12-19-25(2,22)23/h7-10,16,19H,3-6,11-14H2,1-2H3. The molecule has 1 saturated heterocycles. The molecule has 1 aromatic carbocycles. The van der Waals surface area contributed by atoms with Gasteiger partial charge in [-0.15, -0.1) is 0 Å². The Morgan fingerprint density at radius 2 is 2.04 bits per heavy atom. The van der Waals surface area contributed by atoms with Crippen molar-refractivity contribution in [1.82, 2.24) is 9.62 Å². The number of carbonyl (C=O) groups excluding carboxylic acids is 1. The van der Waals surface area contributed by atoms with E-state index >= 15 is 0 Å². The van der Waals surface area contributed by atoms with Crippen LogP contribution in [-0.4, -0.2) is 52.2 Å². The summed E-state index contributed by atoms with van der Waals surface area (Å²) in [6.07, 6.45) is 5.52. The van der Waals surface area contributed by atoms with E-state index in [2.05, 4.69) is 16.9 Å². The molecule has 0 aliphatic carbocycles. The van der Waals surface area contributed by atoms with Crippen molar-refractivity contribution in [3.05, 3.63) is 29.8 Å². The average molecular weight is 368 g/mol. The van der Waals surface area contributed by atoms with Gasteiger partial charge >= 0.3 is 0 Å². The van der Waals surface area contributed by atoms with Gasteiger partial charge in [-0.25, -0.2) is 13.1 Å². The number of amides is 1. The molecule has 0 aromatic heterocycles.